The van der Waals surface area contributed by atoms with Crippen LogP contribution < -0.4 is 4.74 Å². The molecule has 0 radical (unpaired) electrons. The van der Waals surface area contributed by atoms with Crippen LogP contribution in [0.1, 0.15) is 30.5 Å². The molecule has 0 bridgehead atoms. The summed E-state index contributed by atoms with van der Waals surface area (Å²) < 4.78 is 29.1. The average Bonchev–Trinajstić information content (AvgIpc) is 3.15. The zero-order valence-electron chi connectivity index (χ0n) is 17.3. The molecule has 1 saturated heterocycles. The topological polar surface area (TPSA) is 72.4 Å². The second-order valence-corrected chi connectivity index (χ2v) is 10.8. The van der Waals surface area contributed by atoms with Crippen molar-refractivity contribution in [3.05, 3.63) is 58.7 Å². The standard InChI is InChI=1S/C22H25N3O3S2/c1-15(2)20-14-29-21(24-20)13-25-11-19(12-25)28-18-7-4-16(5-8-18)17-6-9-22(23-10-17)30(3,26)27/h4-10,14-15,19H,11-13H2,1-3H3. The van der Waals surface area contributed by atoms with E-state index in [-0.39, 0.29) is 11.1 Å². The fourth-order valence-corrected chi connectivity index (χ4v) is 4.83. The third-order valence-corrected chi connectivity index (χ3v) is 6.90. The van der Waals surface area contributed by atoms with Crippen molar-refractivity contribution in [1.29, 1.82) is 0 Å². The Kier molecular flexibility index (Phi) is 5.90. The number of sulfone groups is 1. The molecule has 1 aromatic carbocycles. The summed E-state index contributed by atoms with van der Waals surface area (Å²) in [5.74, 6) is 1.30. The fourth-order valence-electron chi connectivity index (χ4n) is 3.27. The molecule has 30 heavy (non-hydrogen) atoms. The number of hydrogen-bond donors (Lipinski definition) is 0. The summed E-state index contributed by atoms with van der Waals surface area (Å²) in [7, 11) is -3.28. The van der Waals surface area contributed by atoms with Gasteiger partial charge in [-0.1, -0.05) is 26.0 Å². The largest absolute Gasteiger partial charge is 0.488 e. The molecule has 0 atom stereocenters. The molecule has 0 aliphatic carbocycles. The Bertz CT molecular complexity index is 1100. The van der Waals surface area contributed by atoms with Crippen LogP contribution in [0, 0.1) is 0 Å². The van der Waals surface area contributed by atoms with Gasteiger partial charge >= 0.3 is 0 Å². The third kappa shape index (κ3) is 4.88. The van der Waals surface area contributed by atoms with Crippen LogP contribution in [-0.2, 0) is 16.4 Å². The predicted octanol–water partition coefficient (Wildman–Crippen LogP) is 4.00. The molecule has 1 aliphatic heterocycles. The van der Waals surface area contributed by atoms with Gasteiger partial charge in [-0.25, -0.2) is 18.4 Å². The van der Waals surface area contributed by atoms with Gasteiger partial charge < -0.3 is 4.74 Å². The molecule has 8 heteroatoms. The summed E-state index contributed by atoms with van der Waals surface area (Å²) in [6, 6.07) is 11.1. The van der Waals surface area contributed by atoms with Crippen LogP contribution in [0.5, 0.6) is 5.75 Å². The van der Waals surface area contributed by atoms with Crippen molar-refractivity contribution in [3.63, 3.8) is 0 Å². The van der Waals surface area contributed by atoms with Gasteiger partial charge in [0, 0.05) is 36.5 Å². The summed E-state index contributed by atoms with van der Waals surface area (Å²) in [5, 5.41) is 3.40. The van der Waals surface area contributed by atoms with E-state index >= 15 is 0 Å². The molecule has 1 fully saturated rings. The van der Waals surface area contributed by atoms with Crippen LogP contribution >= 0.6 is 11.3 Å². The van der Waals surface area contributed by atoms with Gasteiger partial charge in [0.05, 0.1) is 12.2 Å². The molecule has 158 valence electrons. The molecule has 2 aromatic heterocycles. The van der Waals surface area contributed by atoms with Gasteiger partial charge in [0.2, 0.25) is 0 Å². The molecule has 0 amide bonds. The first-order valence-corrected chi connectivity index (χ1v) is 12.6. The quantitative estimate of drug-likeness (QED) is 0.550. The van der Waals surface area contributed by atoms with Gasteiger partial charge in [0.1, 0.15) is 16.9 Å². The van der Waals surface area contributed by atoms with Gasteiger partial charge in [0.25, 0.3) is 0 Å². The normalized spacial score (nSPS) is 15.3. The van der Waals surface area contributed by atoms with Gasteiger partial charge in [0.15, 0.2) is 14.9 Å². The first-order valence-electron chi connectivity index (χ1n) is 9.88. The molecule has 6 nitrogen and oxygen atoms in total. The third-order valence-electron chi connectivity index (χ3n) is 5.05. The van der Waals surface area contributed by atoms with Gasteiger partial charge in [-0.2, -0.15) is 0 Å². The van der Waals surface area contributed by atoms with E-state index in [1.54, 1.807) is 23.6 Å². The highest BCUT2D eigenvalue weighted by molar-refractivity contribution is 7.90. The minimum Gasteiger partial charge on any atom is -0.488 e. The van der Waals surface area contributed by atoms with E-state index in [4.69, 9.17) is 9.72 Å². The number of hydrogen-bond acceptors (Lipinski definition) is 7. The van der Waals surface area contributed by atoms with Crippen molar-refractivity contribution in [2.75, 3.05) is 19.3 Å². The Morgan fingerprint density at radius 2 is 1.83 bits per heavy atom. The lowest BCUT2D eigenvalue weighted by Crippen LogP contribution is -2.53. The number of likely N-dealkylation sites (tertiary alicyclic amines) is 1. The van der Waals surface area contributed by atoms with Crippen molar-refractivity contribution in [1.82, 2.24) is 14.9 Å². The Hall–Kier alpha value is -2.29. The molecule has 4 rings (SSSR count). The van der Waals surface area contributed by atoms with Crippen LogP contribution in [-0.4, -0.2) is 48.7 Å². The molecule has 0 unspecified atom stereocenters. The van der Waals surface area contributed by atoms with E-state index in [0.29, 0.717) is 5.92 Å². The van der Waals surface area contributed by atoms with Crippen LogP contribution in [0.3, 0.4) is 0 Å². The zero-order valence-corrected chi connectivity index (χ0v) is 18.9. The van der Waals surface area contributed by atoms with E-state index in [1.165, 1.54) is 11.8 Å². The molecule has 3 aromatic rings. The minimum absolute atomic E-state index is 0.0823. The van der Waals surface area contributed by atoms with Crippen molar-refractivity contribution >= 4 is 21.2 Å². The van der Waals surface area contributed by atoms with E-state index in [2.05, 4.69) is 29.1 Å². The van der Waals surface area contributed by atoms with E-state index < -0.39 is 9.84 Å². The van der Waals surface area contributed by atoms with E-state index in [9.17, 15) is 8.42 Å². The van der Waals surface area contributed by atoms with Crippen LogP contribution in [0.2, 0.25) is 0 Å². The minimum atomic E-state index is -3.28. The summed E-state index contributed by atoms with van der Waals surface area (Å²) in [4.78, 5) is 11.1. The number of aromatic nitrogens is 2. The highest BCUT2D eigenvalue weighted by atomic mass is 32.2. The lowest BCUT2D eigenvalue weighted by atomic mass is 10.1. The molecule has 0 N–H and O–H groups in total. The number of nitrogens with zero attached hydrogens (tertiary/aromatic N) is 3. The second kappa shape index (κ2) is 8.45. The molecule has 3 heterocycles. The van der Waals surface area contributed by atoms with Crippen molar-refractivity contribution in [2.24, 2.45) is 0 Å². The van der Waals surface area contributed by atoms with E-state index in [0.717, 1.165) is 47.8 Å². The van der Waals surface area contributed by atoms with Crippen LogP contribution in [0.15, 0.2) is 53.0 Å². The smallest absolute Gasteiger partial charge is 0.192 e. The Morgan fingerprint density at radius 1 is 1.13 bits per heavy atom. The predicted molar refractivity (Wildman–Crippen MR) is 119 cm³/mol. The Morgan fingerprint density at radius 3 is 2.40 bits per heavy atom. The lowest BCUT2D eigenvalue weighted by Gasteiger charge is -2.38. The summed E-state index contributed by atoms with van der Waals surface area (Å²) in [5.41, 5.74) is 3.01. The lowest BCUT2D eigenvalue weighted by molar-refractivity contribution is 0.0145. The first-order chi connectivity index (χ1) is 14.3. The molecular formula is C22H25N3O3S2. The van der Waals surface area contributed by atoms with Gasteiger partial charge in [-0.3, -0.25) is 4.90 Å². The highest BCUT2D eigenvalue weighted by Crippen LogP contribution is 2.26. The van der Waals surface area contributed by atoms with Crippen LogP contribution in [0.25, 0.3) is 11.1 Å². The molecule has 1 aliphatic rings. The van der Waals surface area contributed by atoms with Crippen molar-refractivity contribution < 1.29 is 13.2 Å². The van der Waals surface area contributed by atoms with Crippen molar-refractivity contribution in [2.45, 2.75) is 37.4 Å². The maximum Gasteiger partial charge on any atom is 0.192 e. The first kappa shape index (κ1) is 21.0. The Balaban J connectivity index is 1.29. The Labute approximate surface area is 181 Å². The van der Waals surface area contributed by atoms with Crippen molar-refractivity contribution in [3.8, 4) is 16.9 Å². The number of ether oxygens (including phenoxy) is 1. The second-order valence-electron chi connectivity index (χ2n) is 7.94. The molecule has 0 spiro atoms. The van der Waals surface area contributed by atoms with Gasteiger partial charge in [-0.05, 0) is 35.7 Å². The highest BCUT2D eigenvalue weighted by Gasteiger charge is 2.29. The summed E-state index contributed by atoms with van der Waals surface area (Å²) in [6.07, 6.45) is 2.93. The molecular weight excluding hydrogens is 418 g/mol. The fraction of sp³-hybridized carbons (Fsp3) is 0.364. The van der Waals surface area contributed by atoms with Gasteiger partial charge in [-0.15, -0.1) is 11.3 Å². The number of pyridine rings is 1. The maximum atomic E-state index is 11.5. The monoisotopic (exact) mass is 443 g/mol. The SMILES string of the molecule is CC(C)c1csc(CN2CC(Oc3ccc(-c4ccc(S(C)(=O)=O)nc4)cc3)C2)n1. The number of benzene rings is 1. The zero-order chi connectivity index (χ0) is 21.3. The average molecular weight is 444 g/mol. The summed E-state index contributed by atoms with van der Waals surface area (Å²) in [6.45, 7) is 7.01. The summed E-state index contributed by atoms with van der Waals surface area (Å²) >= 11 is 1.73. The van der Waals surface area contributed by atoms with E-state index in [1.807, 2.05) is 24.3 Å². The molecule has 0 saturated carbocycles. The van der Waals surface area contributed by atoms with Crippen LogP contribution in [0.4, 0.5) is 0 Å². The number of rotatable bonds is 7. The maximum absolute atomic E-state index is 11.5. The number of thiazole rings is 1.